The zero-order valence-corrected chi connectivity index (χ0v) is 9.94. The van der Waals surface area contributed by atoms with E-state index in [9.17, 15) is 5.11 Å². The predicted octanol–water partition coefficient (Wildman–Crippen LogP) is 1.59. The Kier molecular flexibility index (Phi) is 4.24. The molecule has 1 N–H and O–H groups in total. The zero-order chi connectivity index (χ0) is 11.4. The lowest BCUT2D eigenvalue weighted by molar-refractivity contribution is 0.0821. The molecule has 0 amide bonds. The highest BCUT2D eigenvalue weighted by atomic mass is 16.3. The van der Waals surface area contributed by atoms with Gasteiger partial charge < -0.3 is 5.11 Å². The Morgan fingerprint density at radius 3 is 2.60 bits per heavy atom. The molecule has 0 saturated carbocycles. The van der Waals surface area contributed by atoms with E-state index in [4.69, 9.17) is 0 Å². The van der Waals surface area contributed by atoms with Crippen molar-refractivity contribution in [2.24, 2.45) is 0 Å². The molecule has 0 bridgehead atoms. The topological polar surface area (TPSA) is 36.4 Å². The van der Waals surface area contributed by atoms with Crippen molar-refractivity contribution in [2.75, 3.05) is 7.05 Å². The van der Waals surface area contributed by atoms with Gasteiger partial charge in [-0.25, -0.2) is 0 Å². The lowest BCUT2D eigenvalue weighted by atomic mass is 10.2. The summed E-state index contributed by atoms with van der Waals surface area (Å²) in [6, 6.07) is 6.16. The number of likely N-dealkylation sites (N-methyl/N-ethyl adjacent to an activating group) is 1. The summed E-state index contributed by atoms with van der Waals surface area (Å²) < 4.78 is 0. The fourth-order valence-corrected chi connectivity index (χ4v) is 1.46. The predicted molar refractivity (Wildman–Crippen MR) is 61.6 cm³/mol. The number of pyridine rings is 1. The van der Waals surface area contributed by atoms with E-state index in [1.807, 2.05) is 46.0 Å². The molecule has 0 aliphatic carbocycles. The van der Waals surface area contributed by atoms with Gasteiger partial charge >= 0.3 is 0 Å². The number of hydrogen-bond acceptors (Lipinski definition) is 3. The third-order valence-electron chi connectivity index (χ3n) is 2.75. The molecule has 1 aromatic rings. The summed E-state index contributed by atoms with van der Waals surface area (Å²) in [6.07, 6.45) is -0.320. The SMILES string of the molecule is Cc1cccc(CN(C)C(C)C(C)O)n1. The second-order valence-electron chi connectivity index (χ2n) is 4.17. The van der Waals surface area contributed by atoms with Crippen molar-refractivity contribution >= 4 is 0 Å². The molecule has 0 saturated heterocycles. The van der Waals surface area contributed by atoms with Gasteiger partial charge in [-0.2, -0.15) is 0 Å². The largest absolute Gasteiger partial charge is 0.392 e. The molecular formula is C12H20N2O. The van der Waals surface area contributed by atoms with Gasteiger partial charge in [0.25, 0.3) is 0 Å². The Bertz CT molecular complexity index is 312. The Morgan fingerprint density at radius 1 is 1.40 bits per heavy atom. The molecule has 0 radical (unpaired) electrons. The van der Waals surface area contributed by atoms with E-state index in [0.717, 1.165) is 17.9 Å². The second kappa shape index (κ2) is 5.24. The van der Waals surface area contributed by atoms with Crippen molar-refractivity contribution in [3.63, 3.8) is 0 Å². The highest BCUT2D eigenvalue weighted by molar-refractivity contribution is 5.09. The lowest BCUT2D eigenvalue weighted by Gasteiger charge is -2.26. The highest BCUT2D eigenvalue weighted by Gasteiger charge is 2.14. The van der Waals surface area contributed by atoms with E-state index >= 15 is 0 Å². The molecule has 2 atom stereocenters. The first kappa shape index (κ1) is 12.1. The molecule has 1 rings (SSSR count). The maximum atomic E-state index is 9.46. The first-order valence-electron chi connectivity index (χ1n) is 5.31. The van der Waals surface area contributed by atoms with Crippen LogP contribution in [0.2, 0.25) is 0 Å². The molecule has 3 nitrogen and oxygen atoms in total. The Balaban J connectivity index is 2.62. The second-order valence-corrected chi connectivity index (χ2v) is 4.17. The van der Waals surface area contributed by atoms with E-state index in [2.05, 4.69) is 9.88 Å². The molecular weight excluding hydrogens is 188 g/mol. The van der Waals surface area contributed by atoms with Gasteiger partial charge in [-0.15, -0.1) is 0 Å². The van der Waals surface area contributed by atoms with Crippen molar-refractivity contribution in [2.45, 2.75) is 39.5 Å². The summed E-state index contributed by atoms with van der Waals surface area (Å²) in [6.45, 7) is 6.58. The minimum Gasteiger partial charge on any atom is -0.392 e. The molecule has 1 heterocycles. The summed E-state index contributed by atoms with van der Waals surface area (Å²) in [5.41, 5.74) is 2.08. The Hall–Kier alpha value is -0.930. The summed E-state index contributed by atoms with van der Waals surface area (Å²) >= 11 is 0. The van der Waals surface area contributed by atoms with Gasteiger partial charge in [-0.05, 0) is 40.0 Å². The summed E-state index contributed by atoms with van der Waals surface area (Å²) in [4.78, 5) is 6.54. The van der Waals surface area contributed by atoms with Gasteiger partial charge in [-0.3, -0.25) is 9.88 Å². The molecule has 1 aromatic heterocycles. The molecule has 0 spiro atoms. The van der Waals surface area contributed by atoms with E-state index in [0.29, 0.717) is 0 Å². The fourth-order valence-electron chi connectivity index (χ4n) is 1.46. The molecule has 0 aliphatic rings. The van der Waals surface area contributed by atoms with Crippen molar-refractivity contribution in [1.29, 1.82) is 0 Å². The number of hydrogen-bond donors (Lipinski definition) is 1. The summed E-state index contributed by atoms with van der Waals surface area (Å²) in [5, 5.41) is 9.46. The van der Waals surface area contributed by atoms with E-state index < -0.39 is 0 Å². The van der Waals surface area contributed by atoms with Crippen LogP contribution in [0.1, 0.15) is 25.2 Å². The Labute approximate surface area is 91.8 Å². The van der Waals surface area contributed by atoms with Gasteiger partial charge in [-0.1, -0.05) is 6.07 Å². The third-order valence-corrected chi connectivity index (χ3v) is 2.75. The van der Waals surface area contributed by atoms with Crippen molar-refractivity contribution in [3.8, 4) is 0 Å². The first-order valence-corrected chi connectivity index (χ1v) is 5.31. The summed E-state index contributed by atoms with van der Waals surface area (Å²) in [5.74, 6) is 0. The van der Waals surface area contributed by atoms with E-state index in [1.54, 1.807) is 0 Å². The number of aryl methyl sites for hydroxylation is 1. The summed E-state index contributed by atoms with van der Waals surface area (Å²) in [7, 11) is 2.00. The smallest absolute Gasteiger partial charge is 0.0664 e. The van der Waals surface area contributed by atoms with Crippen molar-refractivity contribution < 1.29 is 5.11 Å². The van der Waals surface area contributed by atoms with Crippen molar-refractivity contribution in [3.05, 3.63) is 29.6 Å². The number of aliphatic hydroxyl groups is 1. The van der Waals surface area contributed by atoms with Crippen LogP contribution in [-0.2, 0) is 6.54 Å². The van der Waals surface area contributed by atoms with Gasteiger partial charge in [0.15, 0.2) is 0 Å². The quantitative estimate of drug-likeness (QED) is 0.816. The van der Waals surface area contributed by atoms with Crippen LogP contribution in [0.15, 0.2) is 18.2 Å². The molecule has 15 heavy (non-hydrogen) atoms. The minimum absolute atomic E-state index is 0.146. The van der Waals surface area contributed by atoms with Crippen molar-refractivity contribution in [1.82, 2.24) is 9.88 Å². The first-order chi connectivity index (χ1) is 7.00. The normalized spacial score (nSPS) is 15.3. The monoisotopic (exact) mass is 208 g/mol. The zero-order valence-electron chi connectivity index (χ0n) is 9.94. The van der Waals surface area contributed by atoms with Crippen LogP contribution in [0.5, 0.6) is 0 Å². The standard InChI is InChI=1S/C12H20N2O/c1-9-6-5-7-12(13-9)8-14(4)10(2)11(3)15/h5-7,10-11,15H,8H2,1-4H3. The average molecular weight is 208 g/mol. The van der Waals surface area contributed by atoms with Crippen LogP contribution in [0, 0.1) is 6.92 Å². The van der Waals surface area contributed by atoms with Gasteiger partial charge in [0.2, 0.25) is 0 Å². The number of aromatic nitrogens is 1. The molecule has 2 unspecified atom stereocenters. The molecule has 0 aliphatic heterocycles. The maximum absolute atomic E-state index is 9.46. The van der Waals surface area contributed by atoms with E-state index in [-0.39, 0.29) is 12.1 Å². The fraction of sp³-hybridized carbons (Fsp3) is 0.583. The number of nitrogens with zero attached hydrogens (tertiary/aromatic N) is 2. The molecule has 0 aromatic carbocycles. The molecule has 84 valence electrons. The maximum Gasteiger partial charge on any atom is 0.0664 e. The van der Waals surface area contributed by atoms with E-state index in [1.165, 1.54) is 0 Å². The van der Waals surface area contributed by atoms with Crippen LogP contribution in [0.3, 0.4) is 0 Å². The third kappa shape index (κ3) is 3.61. The molecule has 3 heteroatoms. The van der Waals surface area contributed by atoms with Crippen LogP contribution in [0.4, 0.5) is 0 Å². The average Bonchev–Trinajstić information content (AvgIpc) is 2.16. The highest BCUT2D eigenvalue weighted by Crippen LogP contribution is 2.07. The van der Waals surface area contributed by atoms with Gasteiger partial charge in [0.1, 0.15) is 0 Å². The van der Waals surface area contributed by atoms with Crippen LogP contribution in [0.25, 0.3) is 0 Å². The number of aliphatic hydroxyl groups excluding tert-OH is 1. The van der Waals surface area contributed by atoms with Gasteiger partial charge in [0.05, 0.1) is 11.8 Å². The number of rotatable bonds is 4. The van der Waals surface area contributed by atoms with Crippen LogP contribution in [-0.4, -0.2) is 34.2 Å². The minimum atomic E-state index is -0.320. The van der Waals surface area contributed by atoms with Crippen LogP contribution < -0.4 is 0 Å². The lowest BCUT2D eigenvalue weighted by Crippen LogP contribution is -2.37. The van der Waals surface area contributed by atoms with Crippen LogP contribution >= 0.6 is 0 Å². The Morgan fingerprint density at radius 2 is 2.07 bits per heavy atom. The molecule has 0 fully saturated rings. The van der Waals surface area contributed by atoms with Gasteiger partial charge in [0, 0.05) is 18.3 Å².